The first-order valence-corrected chi connectivity index (χ1v) is 7.72. The van der Waals surface area contributed by atoms with Crippen LogP contribution in [0.15, 0.2) is 4.99 Å². The zero-order chi connectivity index (χ0) is 15.3. The van der Waals surface area contributed by atoms with E-state index in [1.165, 1.54) is 0 Å². The molecule has 1 rings (SSSR count). The molecular weight excluding hydrogens is 379 g/mol. The van der Waals surface area contributed by atoms with Gasteiger partial charge in [-0.05, 0) is 33.1 Å². The summed E-state index contributed by atoms with van der Waals surface area (Å²) in [6.07, 6.45) is 0.720. The van der Waals surface area contributed by atoms with Crippen LogP contribution in [0, 0.1) is 5.92 Å². The van der Waals surface area contributed by atoms with Crippen molar-refractivity contribution in [2.45, 2.75) is 58.7 Å². The third-order valence-electron chi connectivity index (χ3n) is 4.31. The summed E-state index contributed by atoms with van der Waals surface area (Å²) in [4.78, 5) is 6.74. The molecule has 3 N–H and O–H groups in total. The predicted molar refractivity (Wildman–Crippen MR) is 100 cm³/mol. The fourth-order valence-electron chi connectivity index (χ4n) is 2.38. The summed E-state index contributed by atoms with van der Waals surface area (Å²) >= 11 is 0. The van der Waals surface area contributed by atoms with Gasteiger partial charge in [-0.1, -0.05) is 13.8 Å². The molecule has 126 valence electrons. The standard InChI is InChI=1S/C15H32N4O.HI/c1-7-15(5,20)10-17-14(16-6)18-13-9-19(11(2)3)8-12(13)4;/h11-13,20H,7-10H2,1-6H3,(H2,16,17,18);1H. The monoisotopic (exact) mass is 412 g/mol. The molecule has 0 bridgehead atoms. The van der Waals surface area contributed by atoms with Crippen LogP contribution in [0.5, 0.6) is 0 Å². The number of guanidine groups is 1. The molecule has 1 heterocycles. The van der Waals surface area contributed by atoms with E-state index >= 15 is 0 Å². The summed E-state index contributed by atoms with van der Waals surface area (Å²) in [5.41, 5.74) is -0.692. The van der Waals surface area contributed by atoms with Gasteiger partial charge in [-0.2, -0.15) is 0 Å². The number of nitrogens with one attached hydrogen (secondary N) is 2. The lowest BCUT2D eigenvalue weighted by Gasteiger charge is -2.25. The highest BCUT2D eigenvalue weighted by Crippen LogP contribution is 2.18. The maximum atomic E-state index is 10.0. The van der Waals surface area contributed by atoms with E-state index in [0.717, 1.165) is 25.5 Å². The van der Waals surface area contributed by atoms with E-state index in [1.807, 2.05) is 13.8 Å². The van der Waals surface area contributed by atoms with Gasteiger partial charge in [0.25, 0.3) is 0 Å². The largest absolute Gasteiger partial charge is 0.388 e. The van der Waals surface area contributed by atoms with E-state index in [-0.39, 0.29) is 24.0 Å². The minimum atomic E-state index is -0.692. The van der Waals surface area contributed by atoms with Crippen LogP contribution >= 0.6 is 24.0 Å². The van der Waals surface area contributed by atoms with Crippen molar-refractivity contribution in [1.82, 2.24) is 15.5 Å². The average molecular weight is 412 g/mol. The number of aliphatic imine (C=N–C) groups is 1. The summed E-state index contributed by atoms with van der Waals surface area (Å²) in [7, 11) is 1.77. The zero-order valence-electron chi connectivity index (χ0n) is 14.3. The molecule has 0 aliphatic carbocycles. The first kappa shape index (κ1) is 20.9. The molecule has 0 aromatic rings. The smallest absolute Gasteiger partial charge is 0.191 e. The number of likely N-dealkylation sites (tertiary alicyclic amines) is 1. The third-order valence-corrected chi connectivity index (χ3v) is 4.31. The van der Waals surface area contributed by atoms with Crippen LogP contribution in [0.4, 0.5) is 0 Å². The molecule has 3 unspecified atom stereocenters. The van der Waals surface area contributed by atoms with Crippen molar-refractivity contribution >= 4 is 29.9 Å². The van der Waals surface area contributed by atoms with Crippen molar-refractivity contribution in [3.05, 3.63) is 0 Å². The van der Waals surface area contributed by atoms with Gasteiger partial charge >= 0.3 is 0 Å². The molecule has 0 aromatic heterocycles. The Morgan fingerprint density at radius 2 is 2.05 bits per heavy atom. The lowest BCUT2D eigenvalue weighted by Crippen LogP contribution is -2.50. The zero-order valence-corrected chi connectivity index (χ0v) is 16.6. The fraction of sp³-hybridized carbons (Fsp3) is 0.933. The normalized spacial score (nSPS) is 26.4. The number of rotatable bonds is 5. The highest BCUT2D eigenvalue weighted by Gasteiger charge is 2.31. The van der Waals surface area contributed by atoms with Crippen LogP contribution in [0.3, 0.4) is 0 Å². The Labute approximate surface area is 147 Å². The van der Waals surface area contributed by atoms with Crippen molar-refractivity contribution < 1.29 is 5.11 Å². The molecule has 1 saturated heterocycles. The summed E-state index contributed by atoms with van der Waals surface area (Å²) in [6.45, 7) is 13.3. The average Bonchev–Trinajstić information content (AvgIpc) is 2.76. The molecule has 21 heavy (non-hydrogen) atoms. The quantitative estimate of drug-likeness (QED) is 0.365. The molecule has 0 amide bonds. The Morgan fingerprint density at radius 1 is 1.43 bits per heavy atom. The number of halogens is 1. The van der Waals surface area contributed by atoms with Gasteiger partial charge in [0.1, 0.15) is 0 Å². The summed E-state index contributed by atoms with van der Waals surface area (Å²) in [6, 6.07) is 0.996. The van der Waals surface area contributed by atoms with Crippen molar-refractivity contribution in [3.8, 4) is 0 Å². The van der Waals surface area contributed by atoms with Gasteiger partial charge < -0.3 is 15.7 Å². The SMILES string of the molecule is CCC(C)(O)CNC(=NC)NC1CN(C(C)C)CC1C.I. The minimum absolute atomic E-state index is 0. The van der Waals surface area contributed by atoms with Crippen molar-refractivity contribution in [1.29, 1.82) is 0 Å². The van der Waals surface area contributed by atoms with E-state index in [9.17, 15) is 5.11 Å². The molecule has 0 saturated carbocycles. The van der Waals surface area contributed by atoms with Crippen LogP contribution in [-0.4, -0.2) is 60.3 Å². The Balaban J connectivity index is 0.00000400. The van der Waals surface area contributed by atoms with E-state index in [1.54, 1.807) is 7.05 Å². The molecule has 6 heteroatoms. The minimum Gasteiger partial charge on any atom is -0.388 e. The van der Waals surface area contributed by atoms with Crippen LogP contribution in [0.1, 0.15) is 41.0 Å². The van der Waals surface area contributed by atoms with Crippen molar-refractivity contribution in [2.75, 3.05) is 26.7 Å². The molecule has 0 radical (unpaired) electrons. The molecule has 3 atom stereocenters. The maximum Gasteiger partial charge on any atom is 0.191 e. The van der Waals surface area contributed by atoms with E-state index in [0.29, 0.717) is 24.5 Å². The highest BCUT2D eigenvalue weighted by molar-refractivity contribution is 14.0. The summed E-state index contributed by atoms with van der Waals surface area (Å²) in [5.74, 6) is 1.38. The van der Waals surface area contributed by atoms with Gasteiger partial charge in [0.05, 0.1) is 5.60 Å². The van der Waals surface area contributed by atoms with Crippen molar-refractivity contribution in [3.63, 3.8) is 0 Å². The number of hydrogen-bond donors (Lipinski definition) is 3. The molecule has 0 spiro atoms. The second-order valence-electron chi connectivity index (χ2n) is 6.55. The van der Waals surface area contributed by atoms with E-state index in [2.05, 4.69) is 41.3 Å². The van der Waals surface area contributed by atoms with Crippen LogP contribution < -0.4 is 10.6 Å². The molecule has 0 aromatic carbocycles. The second kappa shape index (κ2) is 9.15. The van der Waals surface area contributed by atoms with Gasteiger partial charge in [-0.3, -0.25) is 9.89 Å². The summed E-state index contributed by atoms with van der Waals surface area (Å²) in [5, 5.41) is 16.7. The van der Waals surface area contributed by atoms with Crippen LogP contribution in [-0.2, 0) is 0 Å². The number of nitrogens with zero attached hydrogens (tertiary/aromatic N) is 2. The lowest BCUT2D eigenvalue weighted by molar-refractivity contribution is 0.0603. The van der Waals surface area contributed by atoms with Crippen LogP contribution in [0.25, 0.3) is 0 Å². The third kappa shape index (κ3) is 6.69. The van der Waals surface area contributed by atoms with Gasteiger partial charge in [-0.25, -0.2) is 0 Å². The summed E-state index contributed by atoms with van der Waals surface area (Å²) < 4.78 is 0. The van der Waals surface area contributed by atoms with Gasteiger partial charge in [0, 0.05) is 38.8 Å². The Morgan fingerprint density at radius 3 is 2.48 bits per heavy atom. The number of hydrogen-bond acceptors (Lipinski definition) is 3. The number of aliphatic hydroxyl groups is 1. The lowest BCUT2D eigenvalue weighted by atomic mass is 10.0. The molecular formula is C15H33IN4O. The highest BCUT2D eigenvalue weighted by atomic mass is 127. The molecule has 1 fully saturated rings. The molecule has 1 aliphatic rings. The predicted octanol–water partition coefficient (Wildman–Crippen LogP) is 1.66. The van der Waals surface area contributed by atoms with Crippen LogP contribution in [0.2, 0.25) is 0 Å². The Kier molecular flexibility index (Phi) is 9.11. The van der Waals surface area contributed by atoms with Gasteiger partial charge in [0.2, 0.25) is 0 Å². The van der Waals surface area contributed by atoms with E-state index < -0.39 is 5.60 Å². The Hall–Kier alpha value is -0.0800. The van der Waals surface area contributed by atoms with Gasteiger partial charge in [0.15, 0.2) is 5.96 Å². The van der Waals surface area contributed by atoms with Gasteiger partial charge in [-0.15, -0.1) is 24.0 Å². The first-order valence-electron chi connectivity index (χ1n) is 7.72. The fourth-order valence-corrected chi connectivity index (χ4v) is 2.38. The van der Waals surface area contributed by atoms with Crippen molar-refractivity contribution in [2.24, 2.45) is 10.9 Å². The maximum absolute atomic E-state index is 10.0. The molecule has 5 nitrogen and oxygen atoms in total. The van der Waals surface area contributed by atoms with E-state index in [4.69, 9.17) is 0 Å². The molecule has 1 aliphatic heterocycles. The Bertz CT molecular complexity index is 334. The second-order valence-corrected chi connectivity index (χ2v) is 6.55. The first-order chi connectivity index (χ1) is 9.29. The topological polar surface area (TPSA) is 59.9 Å².